The van der Waals surface area contributed by atoms with Crippen LogP contribution in [0.25, 0.3) is 0 Å². The van der Waals surface area contributed by atoms with Gasteiger partial charge in [0.15, 0.2) is 0 Å². The molecule has 0 aliphatic rings. The van der Waals surface area contributed by atoms with E-state index in [-0.39, 0.29) is 29.6 Å². The molecule has 7 heteroatoms. The zero-order valence-electron chi connectivity index (χ0n) is 10.4. The molecule has 1 amide bonds. The summed E-state index contributed by atoms with van der Waals surface area (Å²) in [6, 6.07) is -0.612. The second-order valence-corrected chi connectivity index (χ2v) is 5.08. The number of rotatable bonds is 8. The minimum atomic E-state index is -4.31. The van der Waals surface area contributed by atoms with Gasteiger partial charge in [0.1, 0.15) is 0 Å². The van der Waals surface area contributed by atoms with Gasteiger partial charge in [-0.3, -0.25) is 4.79 Å². The Hall–Kier alpha value is 0.120. The van der Waals surface area contributed by atoms with Crippen molar-refractivity contribution in [3.63, 3.8) is 0 Å². The molecule has 0 aromatic carbocycles. The van der Waals surface area contributed by atoms with E-state index in [4.69, 9.17) is 0 Å². The second kappa shape index (κ2) is 10.1. The van der Waals surface area contributed by atoms with Gasteiger partial charge in [-0.05, 0) is 12.5 Å². The molecule has 0 aromatic rings. The molecule has 0 fully saturated rings. The molecule has 0 saturated heterocycles. The maximum absolute atomic E-state index is 11.0. The van der Waals surface area contributed by atoms with Crippen LogP contribution in [0, 0.1) is 0 Å². The molecule has 1 unspecified atom stereocenters. The maximum Gasteiger partial charge on any atom is 1.00 e. The average Bonchev–Trinajstić information content (AvgIpc) is 2.15. The minimum Gasteiger partial charge on any atom is -0.748 e. The molecule has 17 heavy (non-hydrogen) atoms. The van der Waals surface area contributed by atoms with Crippen LogP contribution in [-0.4, -0.2) is 30.7 Å². The van der Waals surface area contributed by atoms with Crippen LogP contribution in [0.15, 0.2) is 12.7 Å². The molecule has 0 aliphatic carbocycles. The fourth-order valence-corrected chi connectivity index (χ4v) is 2.09. The number of amides is 1. The Labute approximate surface area is 125 Å². The van der Waals surface area contributed by atoms with Crippen molar-refractivity contribution in [1.82, 2.24) is 5.32 Å². The minimum absolute atomic E-state index is 0. The summed E-state index contributed by atoms with van der Waals surface area (Å²) in [7, 11) is -4.31. The predicted octanol–water partition coefficient (Wildman–Crippen LogP) is -2.21. The zero-order chi connectivity index (χ0) is 12.6. The Bertz CT molecular complexity index is 329. The van der Waals surface area contributed by atoms with Gasteiger partial charge >= 0.3 is 29.6 Å². The third-order valence-corrected chi connectivity index (χ3v) is 2.90. The van der Waals surface area contributed by atoms with Crippen molar-refractivity contribution in [2.24, 2.45) is 0 Å². The van der Waals surface area contributed by atoms with Crippen LogP contribution in [0.5, 0.6) is 0 Å². The molecule has 0 aromatic heterocycles. The quantitative estimate of drug-likeness (QED) is 0.235. The number of unbranched alkanes of at least 4 members (excludes halogenated alkanes) is 2. The fourth-order valence-electron chi connectivity index (χ4n) is 1.34. The van der Waals surface area contributed by atoms with Crippen molar-refractivity contribution < 1.29 is 47.3 Å². The van der Waals surface area contributed by atoms with Crippen molar-refractivity contribution in [2.45, 2.75) is 38.6 Å². The summed E-state index contributed by atoms with van der Waals surface area (Å²) < 4.78 is 31.8. The number of hydrogen-bond donors (Lipinski definition) is 1. The fraction of sp³-hybridized carbons (Fsp3) is 0.700. The molecule has 0 rings (SSSR count). The van der Waals surface area contributed by atoms with E-state index in [0.717, 1.165) is 25.3 Å². The first-order valence-corrected chi connectivity index (χ1v) is 6.83. The number of carbonyl (C=O) groups is 1. The van der Waals surface area contributed by atoms with Crippen LogP contribution in [0.2, 0.25) is 0 Å². The molecule has 0 radical (unpaired) electrons. The molecule has 0 heterocycles. The summed E-state index contributed by atoms with van der Waals surface area (Å²) in [6.07, 6.45) is 4.28. The monoisotopic (exact) mass is 271 g/mol. The van der Waals surface area contributed by atoms with Crippen molar-refractivity contribution in [3.05, 3.63) is 12.7 Å². The smallest absolute Gasteiger partial charge is 0.748 e. The first kappa shape index (κ1) is 19.5. The Morgan fingerprint density at radius 1 is 1.47 bits per heavy atom. The van der Waals surface area contributed by atoms with Crippen LogP contribution in [0.4, 0.5) is 0 Å². The first-order chi connectivity index (χ1) is 7.39. The van der Waals surface area contributed by atoms with Gasteiger partial charge in [0, 0.05) is 6.04 Å². The molecule has 0 saturated carbocycles. The summed E-state index contributed by atoms with van der Waals surface area (Å²) in [4.78, 5) is 11.0. The maximum atomic E-state index is 11.0. The second-order valence-electron chi connectivity index (χ2n) is 3.63. The summed E-state index contributed by atoms with van der Waals surface area (Å²) in [5.41, 5.74) is 0. The van der Waals surface area contributed by atoms with Crippen LogP contribution in [0.1, 0.15) is 32.6 Å². The van der Waals surface area contributed by atoms with E-state index in [0.29, 0.717) is 6.42 Å². The van der Waals surface area contributed by atoms with Crippen LogP contribution >= 0.6 is 0 Å². The molecular formula is C10H18NNaO4S. The average molecular weight is 271 g/mol. The number of hydrogen-bond acceptors (Lipinski definition) is 4. The molecule has 0 aliphatic heterocycles. The van der Waals surface area contributed by atoms with E-state index in [9.17, 15) is 17.8 Å². The topological polar surface area (TPSA) is 86.3 Å². The van der Waals surface area contributed by atoms with Crippen molar-refractivity contribution in [3.8, 4) is 0 Å². The Balaban J connectivity index is 0. The van der Waals surface area contributed by atoms with E-state index >= 15 is 0 Å². The molecule has 0 spiro atoms. The summed E-state index contributed by atoms with van der Waals surface area (Å²) in [5.74, 6) is -1.01. The van der Waals surface area contributed by atoms with Gasteiger partial charge in [-0.15, -0.1) is 0 Å². The Kier molecular flexibility index (Phi) is 11.5. The van der Waals surface area contributed by atoms with E-state index in [1.165, 1.54) is 0 Å². The molecule has 0 bridgehead atoms. The van der Waals surface area contributed by atoms with Gasteiger partial charge < -0.3 is 9.87 Å². The third kappa shape index (κ3) is 12.4. The van der Waals surface area contributed by atoms with Crippen LogP contribution < -0.4 is 34.9 Å². The van der Waals surface area contributed by atoms with Crippen LogP contribution in [0.3, 0.4) is 0 Å². The normalized spacial score (nSPS) is 12.4. The van der Waals surface area contributed by atoms with E-state index < -0.39 is 27.8 Å². The van der Waals surface area contributed by atoms with Crippen molar-refractivity contribution >= 4 is 16.0 Å². The van der Waals surface area contributed by atoms with Gasteiger partial charge in [0.2, 0.25) is 5.91 Å². The zero-order valence-corrected chi connectivity index (χ0v) is 13.3. The number of nitrogens with one attached hydrogen (secondary N) is 1. The molecule has 5 nitrogen and oxygen atoms in total. The molecule has 1 atom stereocenters. The van der Waals surface area contributed by atoms with Crippen molar-refractivity contribution in [1.29, 1.82) is 0 Å². The van der Waals surface area contributed by atoms with Gasteiger partial charge in [-0.2, -0.15) is 0 Å². The standard InChI is InChI=1S/C10H19NO4S.Na/c1-3-5-6-7-9(8-16(13,14)15)11-10(12)4-2;/h4,9H,2-3,5-8H2,1H3,(H,11,12)(H,13,14,15);/q;+1/p-1. The molecular weight excluding hydrogens is 253 g/mol. The predicted molar refractivity (Wildman–Crippen MR) is 60.8 cm³/mol. The van der Waals surface area contributed by atoms with E-state index in [1.54, 1.807) is 0 Å². The van der Waals surface area contributed by atoms with Crippen LogP contribution in [-0.2, 0) is 14.9 Å². The molecule has 94 valence electrons. The Morgan fingerprint density at radius 2 is 2.06 bits per heavy atom. The Morgan fingerprint density at radius 3 is 2.47 bits per heavy atom. The van der Waals surface area contributed by atoms with E-state index in [2.05, 4.69) is 11.9 Å². The largest absolute Gasteiger partial charge is 1.00 e. The summed E-state index contributed by atoms with van der Waals surface area (Å²) in [6.45, 7) is 5.28. The molecule has 1 N–H and O–H groups in total. The van der Waals surface area contributed by atoms with Gasteiger partial charge in [-0.25, -0.2) is 8.42 Å². The van der Waals surface area contributed by atoms with Crippen molar-refractivity contribution in [2.75, 3.05) is 5.75 Å². The van der Waals surface area contributed by atoms with E-state index in [1.807, 2.05) is 6.92 Å². The van der Waals surface area contributed by atoms with Gasteiger partial charge in [-0.1, -0.05) is 32.8 Å². The first-order valence-electron chi connectivity index (χ1n) is 5.25. The third-order valence-electron chi connectivity index (χ3n) is 2.09. The van der Waals surface area contributed by atoms with Gasteiger partial charge in [0.25, 0.3) is 0 Å². The summed E-state index contributed by atoms with van der Waals surface area (Å²) >= 11 is 0. The van der Waals surface area contributed by atoms with Gasteiger partial charge in [0.05, 0.1) is 15.9 Å². The number of carbonyl (C=O) groups excluding carboxylic acids is 1. The summed E-state index contributed by atoms with van der Waals surface area (Å²) in [5, 5.41) is 2.45. The SMILES string of the molecule is C=CC(=O)NC(CCCCC)CS(=O)(=O)[O-].[Na+].